The molecular formula is C13H28N2O. The van der Waals surface area contributed by atoms with Crippen LogP contribution in [0.3, 0.4) is 0 Å². The summed E-state index contributed by atoms with van der Waals surface area (Å²) in [5.41, 5.74) is 0. The van der Waals surface area contributed by atoms with Gasteiger partial charge < -0.3 is 10.4 Å². The van der Waals surface area contributed by atoms with Crippen LogP contribution in [-0.4, -0.2) is 47.8 Å². The molecule has 3 heteroatoms. The molecule has 0 aromatic heterocycles. The van der Waals surface area contributed by atoms with Crippen LogP contribution in [0.2, 0.25) is 0 Å². The average molecular weight is 228 g/mol. The number of hydrogen-bond acceptors (Lipinski definition) is 3. The molecule has 1 aliphatic rings. The van der Waals surface area contributed by atoms with Crippen molar-refractivity contribution >= 4 is 0 Å². The topological polar surface area (TPSA) is 35.5 Å². The lowest BCUT2D eigenvalue weighted by molar-refractivity contribution is 0.0834. The normalized spacial score (nSPS) is 24.0. The third kappa shape index (κ3) is 4.81. The average Bonchev–Trinajstić information content (AvgIpc) is 2.29. The number of aliphatic hydroxyl groups is 1. The maximum Gasteiger partial charge on any atom is 0.0664 e. The van der Waals surface area contributed by atoms with Crippen molar-refractivity contribution in [2.45, 2.75) is 64.6 Å². The summed E-state index contributed by atoms with van der Waals surface area (Å²) >= 11 is 0. The van der Waals surface area contributed by atoms with Gasteiger partial charge in [-0.2, -0.15) is 0 Å². The van der Waals surface area contributed by atoms with E-state index in [1.165, 1.54) is 19.3 Å². The molecule has 0 aromatic rings. The van der Waals surface area contributed by atoms with Gasteiger partial charge in [0, 0.05) is 25.2 Å². The van der Waals surface area contributed by atoms with E-state index in [9.17, 15) is 5.11 Å². The molecule has 1 heterocycles. The van der Waals surface area contributed by atoms with Crippen LogP contribution in [0.15, 0.2) is 0 Å². The van der Waals surface area contributed by atoms with Gasteiger partial charge in [-0.1, -0.05) is 13.3 Å². The Morgan fingerprint density at radius 2 is 2.12 bits per heavy atom. The van der Waals surface area contributed by atoms with Gasteiger partial charge >= 0.3 is 0 Å². The summed E-state index contributed by atoms with van der Waals surface area (Å²) in [6.07, 6.45) is 4.62. The van der Waals surface area contributed by atoms with Crippen molar-refractivity contribution < 1.29 is 5.11 Å². The molecule has 0 saturated carbocycles. The van der Waals surface area contributed by atoms with Gasteiger partial charge in [0.05, 0.1) is 6.10 Å². The predicted molar refractivity (Wildman–Crippen MR) is 68.6 cm³/mol. The largest absolute Gasteiger partial charge is 0.392 e. The van der Waals surface area contributed by atoms with Crippen molar-refractivity contribution in [1.29, 1.82) is 0 Å². The zero-order chi connectivity index (χ0) is 12.0. The smallest absolute Gasteiger partial charge is 0.0664 e. The van der Waals surface area contributed by atoms with Crippen molar-refractivity contribution in [2.75, 3.05) is 19.6 Å². The van der Waals surface area contributed by atoms with Crippen LogP contribution in [0.1, 0.15) is 46.5 Å². The molecule has 1 aliphatic heterocycles. The zero-order valence-corrected chi connectivity index (χ0v) is 11.1. The molecule has 0 aliphatic carbocycles. The highest BCUT2D eigenvalue weighted by Crippen LogP contribution is 2.11. The molecule has 2 unspecified atom stereocenters. The Bertz CT molecular complexity index is 179. The second-order valence-electron chi connectivity index (χ2n) is 5.26. The first-order valence-corrected chi connectivity index (χ1v) is 6.79. The fourth-order valence-corrected chi connectivity index (χ4v) is 2.26. The van der Waals surface area contributed by atoms with E-state index in [-0.39, 0.29) is 6.10 Å². The number of nitrogens with zero attached hydrogens (tertiary/aromatic N) is 1. The standard InChI is InChI=1S/C13H28N2O/c1-4-13(16)10-15(11(2)3)9-12-7-5-6-8-14-12/h11-14,16H,4-10H2,1-3H3. The van der Waals surface area contributed by atoms with E-state index in [0.29, 0.717) is 12.1 Å². The summed E-state index contributed by atoms with van der Waals surface area (Å²) in [6.45, 7) is 9.52. The molecule has 0 radical (unpaired) electrons. The van der Waals surface area contributed by atoms with E-state index in [4.69, 9.17) is 0 Å². The molecule has 0 bridgehead atoms. The van der Waals surface area contributed by atoms with Crippen LogP contribution < -0.4 is 5.32 Å². The maximum absolute atomic E-state index is 9.74. The Morgan fingerprint density at radius 1 is 1.38 bits per heavy atom. The molecule has 0 aromatic carbocycles. The van der Waals surface area contributed by atoms with Crippen LogP contribution in [0, 0.1) is 0 Å². The lowest BCUT2D eigenvalue weighted by Gasteiger charge is -2.34. The highest BCUT2D eigenvalue weighted by molar-refractivity contribution is 4.78. The van der Waals surface area contributed by atoms with Gasteiger partial charge in [-0.25, -0.2) is 0 Å². The lowest BCUT2D eigenvalue weighted by atomic mass is 10.0. The molecular weight excluding hydrogens is 200 g/mol. The molecule has 96 valence electrons. The van der Waals surface area contributed by atoms with E-state index < -0.39 is 0 Å². The van der Waals surface area contributed by atoms with Crippen molar-refractivity contribution in [1.82, 2.24) is 10.2 Å². The van der Waals surface area contributed by atoms with Crippen LogP contribution >= 0.6 is 0 Å². The zero-order valence-electron chi connectivity index (χ0n) is 11.1. The molecule has 1 rings (SSSR count). The third-order valence-electron chi connectivity index (χ3n) is 3.51. The van der Waals surface area contributed by atoms with Crippen LogP contribution in [0.25, 0.3) is 0 Å². The van der Waals surface area contributed by atoms with E-state index in [1.807, 2.05) is 6.92 Å². The maximum atomic E-state index is 9.74. The second-order valence-corrected chi connectivity index (χ2v) is 5.26. The lowest BCUT2D eigenvalue weighted by Crippen LogP contribution is -2.48. The summed E-state index contributed by atoms with van der Waals surface area (Å²) in [5, 5.41) is 13.3. The Kier molecular flexibility index (Phi) is 6.32. The molecule has 2 atom stereocenters. The van der Waals surface area contributed by atoms with Gasteiger partial charge in [0.15, 0.2) is 0 Å². The van der Waals surface area contributed by atoms with E-state index in [1.54, 1.807) is 0 Å². The van der Waals surface area contributed by atoms with E-state index >= 15 is 0 Å². The first kappa shape index (κ1) is 13.9. The number of nitrogens with one attached hydrogen (secondary N) is 1. The summed E-state index contributed by atoms with van der Waals surface area (Å²) < 4.78 is 0. The quantitative estimate of drug-likeness (QED) is 0.725. The van der Waals surface area contributed by atoms with Crippen LogP contribution in [0.5, 0.6) is 0 Å². The Morgan fingerprint density at radius 3 is 2.62 bits per heavy atom. The molecule has 0 spiro atoms. The SMILES string of the molecule is CCC(O)CN(CC1CCCCN1)C(C)C. The van der Waals surface area contributed by atoms with Gasteiger partial charge in [-0.15, -0.1) is 0 Å². The summed E-state index contributed by atoms with van der Waals surface area (Å²) in [7, 11) is 0. The number of rotatable bonds is 6. The summed E-state index contributed by atoms with van der Waals surface area (Å²) in [4.78, 5) is 2.40. The summed E-state index contributed by atoms with van der Waals surface area (Å²) in [5.74, 6) is 0. The molecule has 1 fully saturated rings. The molecule has 1 saturated heterocycles. The van der Waals surface area contributed by atoms with Gasteiger partial charge in [-0.05, 0) is 39.7 Å². The minimum absolute atomic E-state index is 0.175. The third-order valence-corrected chi connectivity index (χ3v) is 3.51. The minimum Gasteiger partial charge on any atom is -0.392 e. The van der Waals surface area contributed by atoms with Crippen LogP contribution in [-0.2, 0) is 0 Å². The van der Waals surface area contributed by atoms with E-state index in [0.717, 1.165) is 26.1 Å². The van der Waals surface area contributed by atoms with Crippen molar-refractivity contribution in [3.8, 4) is 0 Å². The van der Waals surface area contributed by atoms with E-state index in [2.05, 4.69) is 24.1 Å². The van der Waals surface area contributed by atoms with Crippen molar-refractivity contribution in [3.05, 3.63) is 0 Å². The molecule has 2 N–H and O–H groups in total. The molecule has 16 heavy (non-hydrogen) atoms. The first-order valence-electron chi connectivity index (χ1n) is 6.79. The van der Waals surface area contributed by atoms with Crippen molar-refractivity contribution in [3.63, 3.8) is 0 Å². The summed E-state index contributed by atoms with van der Waals surface area (Å²) in [6, 6.07) is 1.14. The number of piperidine rings is 1. The Hall–Kier alpha value is -0.120. The van der Waals surface area contributed by atoms with Gasteiger partial charge in [-0.3, -0.25) is 4.90 Å². The van der Waals surface area contributed by atoms with Gasteiger partial charge in [0.2, 0.25) is 0 Å². The molecule has 3 nitrogen and oxygen atoms in total. The fourth-order valence-electron chi connectivity index (χ4n) is 2.26. The van der Waals surface area contributed by atoms with Crippen LogP contribution in [0.4, 0.5) is 0 Å². The highest BCUT2D eigenvalue weighted by atomic mass is 16.3. The van der Waals surface area contributed by atoms with Gasteiger partial charge in [0.1, 0.15) is 0 Å². The van der Waals surface area contributed by atoms with Gasteiger partial charge in [0.25, 0.3) is 0 Å². The minimum atomic E-state index is -0.175. The predicted octanol–water partition coefficient (Wildman–Crippen LogP) is 1.61. The molecule has 0 amide bonds. The fraction of sp³-hybridized carbons (Fsp3) is 1.00. The second kappa shape index (κ2) is 7.25. The first-order chi connectivity index (χ1) is 7.63. The van der Waals surface area contributed by atoms with Crippen molar-refractivity contribution in [2.24, 2.45) is 0 Å². The number of hydrogen-bond donors (Lipinski definition) is 2. The highest BCUT2D eigenvalue weighted by Gasteiger charge is 2.20. The Balaban J connectivity index is 2.37. The Labute approximate surface area is 100 Å². The monoisotopic (exact) mass is 228 g/mol. The number of aliphatic hydroxyl groups excluding tert-OH is 1.